The third-order valence-corrected chi connectivity index (χ3v) is 8.00. The van der Waals surface area contributed by atoms with Crippen LogP contribution in [0.2, 0.25) is 0 Å². The van der Waals surface area contributed by atoms with Crippen LogP contribution in [-0.2, 0) is 24.0 Å². The van der Waals surface area contributed by atoms with E-state index in [1.807, 2.05) is 24.3 Å². The van der Waals surface area contributed by atoms with Crippen molar-refractivity contribution in [2.24, 2.45) is 0 Å². The first-order chi connectivity index (χ1) is 16.2. The Morgan fingerprint density at radius 2 is 1.65 bits per heavy atom. The molecule has 0 atom stereocenters. The molecule has 180 valence electrons. The number of carbonyl (C=O) groups excluding carboxylic acids is 1. The van der Waals surface area contributed by atoms with E-state index in [-0.39, 0.29) is 17.7 Å². The van der Waals surface area contributed by atoms with Gasteiger partial charge in [-0.05, 0) is 69.9 Å². The van der Waals surface area contributed by atoms with Crippen LogP contribution in [0.4, 0.5) is 8.78 Å². The Hall–Kier alpha value is -2.38. The van der Waals surface area contributed by atoms with E-state index in [9.17, 15) is 9.36 Å². The Morgan fingerprint density at radius 3 is 2.26 bits per heavy atom. The lowest BCUT2D eigenvalue weighted by Crippen LogP contribution is -2.19. The number of halogens is 3. The number of fused-ring (bicyclic) bond motifs is 1. The van der Waals surface area contributed by atoms with Gasteiger partial charge in [-0.25, -0.2) is 4.79 Å². The van der Waals surface area contributed by atoms with Crippen LogP contribution in [0.25, 0.3) is 22.9 Å². The van der Waals surface area contributed by atoms with Crippen molar-refractivity contribution >= 4 is 52.4 Å². The highest BCUT2D eigenvalue weighted by molar-refractivity contribution is 9.10. The average molecular weight is 553 g/mol. The SMILES string of the molecule is CCOP(=O)(OCC)C(F)(F)c1ccc2cc(C=Cc3cccc(C(=O)OC)c3)ccc2c1Br. The molecule has 0 heterocycles. The molecule has 34 heavy (non-hydrogen) atoms. The highest BCUT2D eigenvalue weighted by Crippen LogP contribution is 2.67. The minimum Gasteiger partial charge on any atom is -0.465 e. The smallest absolute Gasteiger partial charge is 0.404 e. The van der Waals surface area contributed by atoms with Gasteiger partial charge >= 0.3 is 19.2 Å². The lowest BCUT2D eigenvalue weighted by Gasteiger charge is -2.27. The lowest BCUT2D eigenvalue weighted by atomic mass is 10.0. The summed E-state index contributed by atoms with van der Waals surface area (Å²) in [6.45, 7) is 2.63. The predicted octanol–water partition coefficient (Wildman–Crippen LogP) is 7.87. The van der Waals surface area contributed by atoms with Crippen molar-refractivity contribution in [1.29, 1.82) is 0 Å². The third-order valence-electron chi connectivity index (χ3n) is 5.02. The number of benzene rings is 3. The molecule has 0 unspecified atom stereocenters. The van der Waals surface area contributed by atoms with Gasteiger partial charge in [0, 0.05) is 10.0 Å². The first-order valence-electron chi connectivity index (χ1n) is 10.5. The Morgan fingerprint density at radius 1 is 1.00 bits per heavy atom. The minimum absolute atomic E-state index is 0.121. The van der Waals surface area contributed by atoms with Crippen molar-refractivity contribution in [2.75, 3.05) is 20.3 Å². The number of carbonyl (C=O) groups is 1. The van der Waals surface area contributed by atoms with Crippen LogP contribution >= 0.6 is 23.5 Å². The molecule has 3 aromatic carbocycles. The standard InChI is InChI=1S/C25H24BrF2O5P/c1-4-32-34(30,33-5-2)25(27,28)22-14-12-19-15-18(11-13-21(19)23(22)26)10-9-17-7-6-8-20(16-17)24(29)31-3/h6-16H,4-5H2,1-3H3. The molecule has 5 nitrogen and oxygen atoms in total. The molecule has 0 N–H and O–H groups in total. The predicted molar refractivity (Wildman–Crippen MR) is 133 cm³/mol. The largest absolute Gasteiger partial charge is 0.465 e. The highest BCUT2D eigenvalue weighted by atomic mass is 79.9. The minimum atomic E-state index is -4.72. The number of rotatable bonds is 9. The fourth-order valence-electron chi connectivity index (χ4n) is 3.41. The first kappa shape index (κ1) is 26.2. The van der Waals surface area contributed by atoms with E-state index in [2.05, 4.69) is 15.9 Å². The molecular formula is C25H24BrF2O5P. The molecule has 0 saturated carbocycles. The molecule has 0 aromatic heterocycles. The van der Waals surface area contributed by atoms with E-state index in [0.29, 0.717) is 16.3 Å². The van der Waals surface area contributed by atoms with Crippen LogP contribution in [-0.4, -0.2) is 26.3 Å². The van der Waals surface area contributed by atoms with Gasteiger partial charge in [0.1, 0.15) is 0 Å². The van der Waals surface area contributed by atoms with E-state index in [1.54, 1.807) is 36.4 Å². The van der Waals surface area contributed by atoms with Crippen molar-refractivity contribution < 1.29 is 31.9 Å². The Kier molecular flexibility index (Phi) is 8.42. The number of hydrogen-bond donors (Lipinski definition) is 0. The van der Waals surface area contributed by atoms with Gasteiger partial charge in [0.25, 0.3) is 0 Å². The van der Waals surface area contributed by atoms with Crippen molar-refractivity contribution in [3.63, 3.8) is 0 Å². The van der Waals surface area contributed by atoms with Gasteiger partial charge < -0.3 is 13.8 Å². The van der Waals surface area contributed by atoms with E-state index in [4.69, 9.17) is 13.8 Å². The summed E-state index contributed by atoms with van der Waals surface area (Å²) in [7, 11) is -3.40. The van der Waals surface area contributed by atoms with Crippen molar-refractivity contribution in [1.82, 2.24) is 0 Å². The maximum Gasteiger partial charge on any atom is 0.404 e. The Balaban J connectivity index is 1.96. The van der Waals surface area contributed by atoms with E-state index in [1.165, 1.54) is 27.0 Å². The molecule has 0 fully saturated rings. The van der Waals surface area contributed by atoms with Crippen LogP contribution in [0.3, 0.4) is 0 Å². The molecule has 0 saturated heterocycles. The molecule has 9 heteroatoms. The third kappa shape index (κ3) is 5.31. The summed E-state index contributed by atoms with van der Waals surface area (Å²) in [5.41, 5.74) is -2.22. The highest BCUT2D eigenvalue weighted by Gasteiger charge is 2.55. The van der Waals surface area contributed by atoms with Gasteiger partial charge in [0.15, 0.2) is 0 Å². The molecule has 0 aliphatic heterocycles. The topological polar surface area (TPSA) is 61.8 Å². The van der Waals surface area contributed by atoms with Gasteiger partial charge in [-0.1, -0.05) is 48.6 Å². The second kappa shape index (κ2) is 10.9. The summed E-state index contributed by atoms with van der Waals surface area (Å²) in [6, 6.07) is 15.1. The fourth-order valence-corrected chi connectivity index (χ4v) is 5.87. The van der Waals surface area contributed by atoms with E-state index in [0.717, 1.165) is 11.1 Å². The zero-order chi connectivity index (χ0) is 24.9. The summed E-state index contributed by atoms with van der Waals surface area (Å²) < 4.78 is 58.1. The fraction of sp³-hybridized carbons (Fsp3) is 0.240. The molecule has 0 amide bonds. The molecule has 0 spiro atoms. The van der Waals surface area contributed by atoms with Gasteiger partial charge in [-0.3, -0.25) is 4.57 Å². The molecule has 0 aliphatic carbocycles. The second-order valence-electron chi connectivity index (χ2n) is 7.23. The maximum atomic E-state index is 15.3. The van der Waals surface area contributed by atoms with Crippen molar-refractivity contribution in [3.05, 3.63) is 81.3 Å². The van der Waals surface area contributed by atoms with Crippen LogP contribution < -0.4 is 0 Å². The average Bonchev–Trinajstić information content (AvgIpc) is 2.82. The van der Waals surface area contributed by atoms with E-state index < -0.39 is 24.8 Å². The summed E-state index contributed by atoms with van der Waals surface area (Å²) in [4.78, 5) is 11.7. The molecule has 3 aromatic rings. The monoisotopic (exact) mass is 552 g/mol. The number of alkyl halides is 2. The quantitative estimate of drug-likeness (QED) is 0.153. The molecule has 0 aliphatic rings. The number of methoxy groups -OCH3 is 1. The van der Waals surface area contributed by atoms with Gasteiger partial charge in [-0.2, -0.15) is 8.78 Å². The van der Waals surface area contributed by atoms with Crippen LogP contribution in [0, 0.1) is 0 Å². The van der Waals surface area contributed by atoms with E-state index >= 15 is 8.78 Å². The number of ether oxygens (including phenoxy) is 1. The van der Waals surface area contributed by atoms with Crippen LogP contribution in [0.1, 0.15) is 40.9 Å². The zero-order valence-corrected chi connectivity index (χ0v) is 21.4. The molecule has 0 radical (unpaired) electrons. The molecule has 3 rings (SSSR count). The van der Waals surface area contributed by atoms with Crippen LogP contribution in [0.15, 0.2) is 59.1 Å². The lowest BCUT2D eigenvalue weighted by molar-refractivity contribution is 0.0356. The first-order valence-corrected chi connectivity index (χ1v) is 12.9. The summed E-state index contributed by atoms with van der Waals surface area (Å²) in [5.74, 6) is -0.420. The zero-order valence-electron chi connectivity index (χ0n) is 18.9. The van der Waals surface area contributed by atoms with Gasteiger partial charge in [-0.15, -0.1) is 0 Å². The van der Waals surface area contributed by atoms with Crippen LogP contribution in [0.5, 0.6) is 0 Å². The Bertz CT molecular complexity index is 1270. The second-order valence-corrected chi connectivity index (χ2v) is 10.1. The van der Waals surface area contributed by atoms with Gasteiger partial charge in [0.05, 0.1) is 25.9 Å². The number of esters is 1. The van der Waals surface area contributed by atoms with Gasteiger partial charge in [0.2, 0.25) is 0 Å². The summed E-state index contributed by atoms with van der Waals surface area (Å²) in [5, 5.41) is 1.24. The molecule has 0 bridgehead atoms. The normalized spacial score (nSPS) is 12.4. The summed E-state index contributed by atoms with van der Waals surface area (Å²) >= 11 is 3.27. The van der Waals surface area contributed by atoms with Crippen molar-refractivity contribution in [3.8, 4) is 0 Å². The molecular weight excluding hydrogens is 529 g/mol. The maximum absolute atomic E-state index is 15.3. The van der Waals surface area contributed by atoms with Crippen molar-refractivity contribution in [2.45, 2.75) is 19.5 Å². The Labute approximate surface area is 205 Å². The number of hydrogen-bond acceptors (Lipinski definition) is 5. The summed E-state index contributed by atoms with van der Waals surface area (Å²) in [6.07, 6.45) is 3.69.